The summed E-state index contributed by atoms with van der Waals surface area (Å²) < 4.78 is 4.16. The van der Waals surface area contributed by atoms with Gasteiger partial charge in [-0.25, -0.2) is 9.67 Å². The Morgan fingerprint density at radius 3 is 3.00 bits per heavy atom. The molecule has 1 atom stereocenters. The summed E-state index contributed by atoms with van der Waals surface area (Å²) in [7, 11) is 0. The Balaban J connectivity index is 1.51. The molecule has 7 nitrogen and oxygen atoms in total. The molecule has 2 aromatic heterocycles. The van der Waals surface area contributed by atoms with E-state index < -0.39 is 0 Å². The third kappa shape index (κ3) is 3.35. The second-order valence-electron chi connectivity index (χ2n) is 6.01. The number of tetrazole rings is 1. The van der Waals surface area contributed by atoms with E-state index in [1.54, 1.807) is 0 Å². The fraction of sp³-hybridized carbons (Fsp3) is 0.733. The Labute approximate surface area is 131 Å². The van der Waals surface area contributed by atoms with Crippen LogP contribution in [-0.2, 0) is 13.1 Å². The molecule has 1 fully saturated rings. The summed E-state index contributed by atoms with van der Waals surface area (Å²) in [5.41, 5.74) is 0. The van der Waals surface area contributed by atoms with E-state index in [2.05, 4.69) is 43.1 Å². The van der Waals surface area contributed by atoms with E-state index in [9.17, 15) is 0 Å². The predicted octanol–water partition coefficient (Wildman–Crippen LogP) is 1.47. The summed E-state index contributed by atoms with van der Waals surface area (Å²) in [5.74, 6) is 2.71. The van der Waals surface area contributed by atoms with Crippen molar-refractivity contribution < 1.29 is 0 Å². The van der Waals surface area contributed by atoms with Crippen LogP contribution in [0.3, 0.4) is 0 Å². The van der Waals surface area contributed by atoms with Crippen LogP contribution in [-0.4, -0.2) is 54.3 Å². The predicted molar refractivity (Wildman–Crippen MR) is 83.5 cm³/mol. The lowest BCUT2D eigenvalue weighted by Crippen LogP contribution is -2.36. The number of hydrogen-bond acceptors (Lipinski definition) is 5. The van der Waals surface area contributed by atoms with E-state index in [0.29, 0.717) is 5.92 Å². The molecule has 1 saturated heterocycles. The average Bonchev–Trinajstić information content (AvgIpc) is 3.17. The molecule has 0 saturated carbocycles. The maximum atomic E-state index is 4.58. The summed E-state index contributed by atoms with van der Waals surface area (Å²) >= 11 is 0. The quantitative estimate of drug-likeness (QED) is 0.808. The summed E-state index contributed by atoms with van der Waals surface area (Å²) in [5, 5.41) is 11.6. The third-order valence-electron chi connectivity index (χ3n) is 4.51. The first-order valence-corrected chi connectivity index (χ1v) is 8.24. The Hall–Kier alpha value is -1.76. The van der Waals surface area contributed by atoms with Gasteiger partial charge in [-0.15, -0.1) is 5.10 Å². The minimum Gasteiger partial charge on any atom is -0.335 e. The topological polar surface area (TPSA) is 64.7 Å². The second kappa shape index (κ2) is 7.00. The summed E-state index contributed by atoms with van der Waals surface area (Å²) in [4.78, 5) is 7.14. The van der Waals surface area contributed by atoms with Crippen LogP contribution < -0.4 is 0 Å². The first-order valence-electron chi connectivity index (χ1n) is 8.24. The van der Waals surface area contributed by atoms with Crippen LogP contribution in [0.25, 0.3) is 0 Å². The molecular formula is C15H25N7. The van der Waals surface area contributed by atoms with Crippen molar-refractivity contribution in [2.45, 2.75) is 52.1 Å². The Morgan fingerprint density at radius 1 is 1.32 bits per heavy atom. The molecule has 3 heterocycles. The van der Waals surface area contributed by atoms with Gasteiger partial charge in [0.15, 0.2) is 0 Å². The molecule has 0 radical (unpaired) electrons. The van der Waals surface area contributed by atoms with E-state index in [1.165, 1.54) is 25.2 Å². The molecule has 0 aliphatic carbocycles. The van der Waals surface area contributed by atoms with Crippen molar-refractivity contribution in [1.82, 2.24) is 34.7 Å². The van der Waals surface area contributed by atoms with Gasteiger partial charge in [0, 0.05) is 37.9 Å². The van der Waals surface area contributed by atoms with Crippen LogP contribution in [0.4, 0.5) is 0 Å². The number of piperidine rings is 1. The molecule has 1 aliphatic rings. The monoisotopic (exact) mass is 303 g/mol. The highest BCUT2D eigenvalue weighted by Crippen LogP contribution is 2.25. The van der Waals surface area contributed by atoms with Crippen molar-refractivity contribution in [2.75, 3.05) is 19.6 Å². The number of nitrogens with zero attached hydrogens (tertiary/aromatic N) is 7. The molecule has 7 heteroatoms. The minimum absolute atomic E-state index is 0.568. The Kier molecular flexibility index (Phi) is 4.82. The molecule has 0 bridgehead atoms. The van der Waals surface area contributed by atoms with Crippen LogP contribution in [0, 0.1) is 6.92 Å². The molecule has 3 rings (SSSR count). The Morgan fingerprint density at radius 2 is 2.23 bits per heavy atom. The SMILES string of the molecule is CCn1ccnc1[C@@H]1CCCN(CCCn2nnnc2C)C1. The minimum atomic E-state index is 0.568. The zero-order chi connectivity index (χ0) is 15.4. The first-order chi connectivity index (χ1) is 10.8. The van der Waals surface area contributed by atoms with E-state index in [4.69, 9.17) is 0 Å². The standard InChI is InChI=1S/C15H25N7/c1-3-21-11-7-16-15(21)14-6-4-8-20(12-14)9-5-10-22-13(2)17-18-19-22/h7,11,14H,3-6,8-10,12H2,1-2H3/t14-/m1/s1. The zero-order valence-electron chi connectivity index (χ0n) is 13.5. The van der Waals surface area contributed by atoms with Gasteiger partial charge in [-0.3, -0.25) is 0 Å². The Bertz CT molecular complexity index is 588. The van der Waals surface area contributed by atoms with Gasteiger partial charge in [-0.2, -0.15) is 0 Å². The van der Waals surface area contributed by atoms with Crippen molar-refractivity contribution in [2.24, 2.45) is 0 Å². The van der Waals surface area contributed by atoms with Crippen molar-refractivity contribution >= 4 is 0 Å². The van der Waals surface area contributed by atoms with E-state index in [-0.39, 0.29) is 0 Å². The molecule has 0 N–H and O–H groups in total. The van der Waals surface area contributed by atoms with Crippen LogP contribution >= 0.6 is 0 Å². The van der Waals surface area contributed by atoms with Crippen LogP contribution in [0.1, 0.15) is 43.8 Å². The highest BCUT2D eigenvalue weighted by Gasteiger charge is 2.24. The normalized spacial score (nSPS) is 19.6. The molecule has 0 aromatic carbocycles. The lowest BCUT2D eigenvalue weighted by atomic mass is 9.97. The van der Waals surface area contributed by atoms with Gasteiger partial charge in [0.1, 0.15) is 11.6 Å². The molecule has 2 aromatic rings. The van der Waals surface area contributed by atoms with Crippen molar-refractivity contribution in [3.63, 3.8) is 0 Å². The van der Waals surface area contributed by atoms with Crippen molar-refractivity contribution in [1.29, 1.82) is 0 Å². The van der Waals surface area contributed by atoms with Gasteiger partial charge in [-0.05, 0) is 56.6 Å². The fourth-order valence-corrected chi connectivity index (χ4v) is 3.32. The van der Waals surface area contributed by atoms with Crippen LogP contribution in [0.5, 0.6) is 0 Å². The van der Waals surface area contributed by atoms with Gasteiger partial charge >= 0.3 is 0 Å². The van der Waals surface area contributed by atoms with Gasteiger partial charge in [0.05, 0.1) is 0 Å². The highest BCUT2D eigenvalue weighted by molar-refractivity contribution is 5.03. The number of aromatic nitrogens is 6. The van der Waals surface area contributed by atoms with E-state index >= 15 is 0 Å². The molecule has 0 spiro atoms. The van der Waals surface area contributed by atoms with Crippen molar-refractivity contribution in [3.05, 3.63) is 24.0 Å². The van der Waals surface area contributed by atoms with Crippen LogP contribution in [0.15, 0.2) is 12.4 Å². The third-order valence-corrected chi connectivity index (χ3v) is 4.51. The van der Waals surface area contributed by atoms with Gasteiger partial charge in [0.2, 0.25) is 0 Å². The second-order valence-corrected chi connectivity index (χ2v) is 6.01. The number of aryl methyl sites for hydroxylation is 3. The molecule has 0 amide bonds. The van der Waals surface area contributed by atoms with Crippen molar-refractivity contribution in [3.8, 4) is 0 Å². The molecule has 22 heavy (non-hydrogen) atoms. The maximum absolute atomic E-state index is 4.58. The number of rotatable bonds is 6. The van der Waals surface area contributed by atoms with E-state index in [0.717, 1.165) is 38.4 Å². The molecule has 1 aliphatic heterocycles. The average molecular weight is 303 g/mol. The van der Waals surface area contributed by atoms with Gasteiger partial charge < -0.3 is 9.47 Å². The first kappa shape index (κ1) is 15.1. The molecular weight excluding hydrogens is 278 g/mol. The molecule has 0 unspecified atom stereocenters. The van der Waals surface area contributed by atoms with Gasteiger partial charge in [-0.1, -0.05) is 0 Å². The zero-order valence-corrected chi connectivity index (χ0v) is 13.5. The number of imidazole rings is 1. The number of hydrogen-bond donors (Lipinski definition) is 0. The molecule has 120 valence electrons. The highest BCUT2D eigenvalue weighted by atomic mass is 15.5. The largest absolute Gasteiger partial charge is 0.335 e. The summed E-state index contributed by atoms with van der Waals surface area (Å²) in [6.45, 7) is 9.43. The lowest BCUT2D eigenvalue weighted by molar-refractivity contribution is 0.196. The maximum Gasteiger partial charge on any atom is 0.148 e. The lowest BCUT2D eigenvalue weighted by Gasteiger charge is -2.32. The smallest absolute Gasteiger partial charge is 0.148 e. The van der Waals surface area contributed by atoms with Crippen LogP contribution in [0.2, 0.25) is 0 Å². The fourth-order valence-electron chi connectivity index (χ4n) is 3.32. The summed E-state index contributed by atoms with van der Waals surface area (Å²) in [6.07, 6.45) is 7.61. The van der Waals surface area contributed by atoms with Gasteiger partial charge in [0.25, 0.3) is 0 Å². The van der Waals surface area contributed by atoms with E-state index in [1.807, 2.05) is 17.8 Å². The number of likely N-dealkylation sites (tertiary alicyclic amines) is 1. The summed E-state index contributed by atoms with van der Waals surface area (Å²) in [6, 6.07) is 0.